The Kier molecular flexibility index (Phi) is 6.37. The van der Waals surface area contributed by atoms with E-state index in [9.17, 15) is 9.59 Å². The van der Waals surface area contributed by atoms with Crippen molar-refractivity contribution in [2.24, 2.45) is 0 Å². The van der Waals surface area contributed by atoms with Crippen molar-refractivity contribution < 1.29 is 14.7 Å². The Balaban J connectivity index is 2.64. The van der Waals surface area contributed by atoms with E-state index in [0.717, 1.165) is 12.1 Å². The highest BCUT2D eigenvalue weighted by molar-refractivity contribution is 7.99. The van der Waals surface area contributed by atoms with Crippen LogP contribution in [-0.4, -0.2) is 58.0 Å². The van der Waals surface area contributed by atoms with E-state index in [4.69, 9.17) is 5.11 Å². The molecule has 0 unspecified atom stereocenters. The van der Waals surface area contributed by atoms with Gasteiger partial charge in [-0.1, -0.05) is 18.7 Å². The molecule has 0 fully saturated rings. The first kappa shape index (κ1) is 16.4. The van der Waals surface area contributed by atoms with Crippen molar-refractivity contribution in [1.82, 2.24) is 19.8 Å². The summed E-state index contributed by atoms with van der Waals surface area (Å²) in [7, 11) is 3.36. The van der Waals surface area contributed by atoms with Crippen LogP contribution in [0.4, 0.5) is 4.79 Å². The van der Waals surface area contributed by atoms with Gasteiger partial charge in [0, 0.05) is 39.1 Å². The third-order valence-corrected chi connectivity index (χ3v) is 3.58. The number of aryl methyl sites for hydroxylation is 1. The van der Waals surface area contributed by atoms with E-state index in [0.29, 0.717) is 18.2 Å². The van der Waals surface area contributed by atoms with Crippen molar-refractivity contribution >= 4 is 23.8 Å². The maximum absolute atomic E-state index is 11.4. The first-order valence-electron chi connectivity index (χ1n) is 6.29. The van der Waals surface area contributed by atoms with Crippen LogP contribution < -0.4 is 5.32 Å². The number of carbonyl (C=O) groups excluding carboxylic acids is 1. The average Bonchev–Trinajstić information content (AvgIpc) is 2.78. The predicted molar refractivity (Wildman–Crippen MR) is 77.1 cm³/mol. The highest BCUT2D eigenvalue weighted by atomic mass is 32.2. The largest absolute Gasteiger partial charge is 0.481 e. The molecule has 0 saturated carbocycles. The van der Waals surface area contributed by atoms with Gasteiger partial charge < -0.3 is 19.9 Å². The molecular formula is C12H20N4O3S. The van der Waals surface area contributed by atoms with Crippen LogP contribution in [0.15, 0.2) is 11.4 Å². The van der Waals surface area contributed by atoms with Gasteiger partial charge in [0.25, 0.3) is 0 Å². The zero-order chi connectivity index (χ0) is 15.1. The van der Waals surface area contributed by atoms with E-state index < -0.39 is 5.97 Å². The fourth-order valence-electron chi connectivity index (χ4n) is 1.59. The molecule has 0 spiro atoms. The number of urea groups is 1. The van der Waals surface area contributed by atoms with Crippen molar-refractivity contribution in [3.05, 3.63) is 11.9 Å². The second-order valence-corrected chi connectivity index (χ2v) is 5.29. The number of carbonyl (C=O) groups is 2. The van der Waals surface area contributed by atoms with Gasteiger partial charge in [0.15, 0.2) is 5.16 Å². The molecule has 0 saturated heterocycles. The molecule has 0 aliphatic heterocycles. The fourth-order valence-corrected chi connectivity index (χ4v) is 2.33. The van der Waals surface area contributed by atoms with Crippen molar-refractivity contribution in [2.45, 2.75) is 25.0 Å². The van der Waals surface area contributed by atoms with Crippen LogP contribution in [0.1, 0.15) is 12.6 Å². The Hall–Kier alpha value is -1.70. The van der Waals surface area contributed by atoms with Crippen LogP contribution in [0.2, 0.25) is 0 Å². The number of aliphatic carboxylic acids is 1. The SMILES string of the molecule is CCc1cnc(SCC(=O)O)n1CCNC(=O)N(C)C. The summed E-state index contributed by atoms with van der Waals surface area (Å²) in [6.45, 7) is 3.06. The lowest BCUT2D eigenvalue weighted by Crippen LogP contribution is -2.36. The number of hydrogen-bond donors (Lipinski definition) is 2. The van der Waals surface area contributed by atoms with Gasteiger partial charge in [-0.3, -0.25) is 4.79 Å². The highest BCUT2D eigenvalue weighted by Crippen LogP contribution is 2.18. The quantitative estimate of drug-likeness (QED) is 0.730. The Bertz CT molecular complexity index is 473. The maximum atomic E-state index is 11.4. The second kappa shape index (κ2) is 7.78. The van der Waals surface area contributed by atoms with E-state index >= 15 is 0 Å². The Morgan fingerprint density at radius 2 is 2.20 bits per heavy atom. The lowest BCUT2D eigenvalue weighted by molar-refractivity contribution is -0.133. The number of nitrogens with zero attached hydrogens (tertiary/aromatic N) is 3. The minimum atomic E-state index is -0.872. The van der Waals surface area contributed by atoms with Crippen LogP contribution in [0.3, 0.4) is 0 Å². The summed E-state index contributed by atoms with van der Waals surface area (Å²) in [4.78, 5) is 27.7. The maximum Gasteiger partial charge on any atom is 0.316 e. The summed E-state index contributed by atoms with van der Waals surface area (Å²) in [5.41, 5.74) is 1.02. The third-order valence-electron chi connectivity index (χ3n) is 2.61. The van der Waals surface area contributed by atoms with Crippen molar-refractivity contribution in [3.8, 4) is 0 Å². The molecule has 0 aliphatic carbocycles. The Morgan fingerprint density at radius 1 is 1.50 bits per heavy atom. The van der Waals surface area contributed by atoms with E-state index in [1.807, 2.05) is 11.5 Å². The van der Waals surface area contributed by atoms with Crippen molar-refractivity contribution in [3.63, 3.8) is 0 Å². The normalized spacial score (nSPS) is 10.3. The monoisotopic (exact) mass is 300 g/mol. The molecule has 8 heteroatoms. The summed E-state index contributed by atoms with van der Waals surface area (Å²) >= 11 is 1.19. The standard InChI is InChI=1S/C12H20N4O3S/c1-4-9-7-14-12(20-8-10(17)18)16(9)6-5-13-11(19)15(2)3/h7H,4-6,8H2,1-3H3,(H,13,19)(H,17,18). The van der Waals surface area contributed by atoms with Crippen LogP contribution in [-0.2, 0) is 17.8 Å². The van der Waals surface area contributed by atoms with Crippen molar-refractivity contribution in [1.29, 1.82) is 0 Å². The number of nitrogens with one attached hydrogen (secondary N) is 1. The van der Waals surface area contributed by atoms with E-state index in [1.54, 1.807) is 20.3 Å². The van der Waals surface area contributed by atoms with Crippen molar-refractivity contribution in [2.75, 3.05) is 26.4 Å². The minimum absolute atomic E-state index is 0.0236. The molecule has 2 amide bonds. The zero-order valence-electron chi connectivity index (χ0n) is 11.9. The first-order valence-corrected chi connectivity index (χ1v) is 7.28. The topological polar surface area (TPSA) is 87.5 Å². The Morgan fingerprint density at radius 3 is 2.75 bits per heavy atom. The molecule has 7 nitrogen and oxygen atoms in total. The molecule has 0 bridgehead atoms. The highest BCUT2D eigenvalue weighted by Gasteiger charge is 2.11. The van der Waals surface area contributed by atoms with Crippen LogP contribution in [0.5, 0.6) is 0 Å². The van der Waals surface area contributed by atoms with Gasteiger partial charge in [-0.2, -0.15) is 0 Å². The van der Waals surface area contributed by atoms with E-state index in [1.165, 1.54) is 16.7 Å². The number of rotatable bonds is 7. The van der Waals surface area contributed by atoms with Gasteiger partial charge in [-0.15, -0.1) is 0 Å². The van der Waals surface area contributed by atoms with Gasteiger partial charge in [0.2, 0.25) is 0 Å². The molecule has 20 heavy (non-hydrogen) atoms. The lowest BCUT2D eigenvalue weighted by atomic mass is 10.3. The lowest BCUT2D eigenvalue weighted by Gasteiger charge is -2.14. The number of amides is 2. The summed E-state index contributed by atoms with van der Waals surface area (Å²) in [6.07, 6.45) is 2.56. The fraction of sp³-hybridized carbons (Fsp3) is 0.583. The van der Waals surface area contributed by atoms with Crippen LogP contribution in [0, 0.1) is 0 Å². The summed E-state index contributed by atoms with van der Waals surface area (Å²) in [6, 6.07) is -0.150. The number of hydrogen-bond acceptors (Lipinski definition) is 4. The average molecular weight is 300 g/mol. The molecule has 1 rings (SSSR count). The first-order chi connectivity index (χ1) is 9.45. The Labute approximate surface area is 122 Å². The predicted octanol–water partition coefficient (Wildman–Crippen LogP) is 0.893. The molecule has 0 aliphatic rings. The number of imidazole rings is 1. The number of carboxylic acids is 1. The molecule has 0 radical (unpaired) electrons. The molecular weight excluding hydrogens is 280 g/mol. The second-order valence-electron chi connectivity index (χ2n) is 4.35. The molecule has 1 aromatic rings. The van der Waals surface area contributed by atoms with Gasteiger partial charge in [-0.25, -0.2) is 9.78 Å². The zero-order valence-corrected chi connectivity index (χ0v) is 12.7. The number of aromatic nitrogens is 2. The molecule has 0 atom stereocenters. The molecule has 0 aromatic carbocycles. The molecule has 2 N–H and O–H groups in total. The minimum Gasteiger partial charge on any atom is -0.481 e. The van der Waals surface area contributed by atoms with Gasteiger partial charge in [0.05, 0.1) is 5.75 Å². The molecule has 112 valence electrons. The summed E-state index contributed by atoms with van der Waals surface area (Å²) < 4.78 is 1.95. The van der Waals surface area contributed by atoms with Crippen LogP contribution >= 0.6 is 11.8 Å². The number of thioether (sulfide) groups is 1. The summed E-state index contributed by atoms with van der Waals surface area (Å²) in [5.74, 6) is -0.895. The van der Waals surface area contributed by atoms with Gasteiger partial charge in [-0.05, 0) is 6.42 Å². The van der Waals surface area contributed by atoms with Gasteiger partial charge >= 0.3 is 12.0 Å². The van der Waals surface area contributed by atoms with E-state index in [-0.39, 0.29) is 11.8 Å². The molecule has 1 aromatic heterocycles. The molecule has 1 heterocycles. The summed E-state index contributed by atoms with van der Waals surface area (Å²) in [5, 5.41) is 12.2. The smallest absolute Gasteiger partial charge is 0.316 e. The number of carboxylic acid groups (broad SMARTS) is 1. The third kappa shape index (κ3) is 4.76. The van der Waals surface area contributed by atoms with E-state index in [2.05, 4.69) is 10.3 Å². The van der Waals surface area contributed by atoms with Crippen LogP contribution in [0.25, 0.3) is 0 Å². The van der Waals surface area contributed by atoms with Gasteiger partial charge in [0.1, 0.15) is 0 Å².